The second kappa shape index (κ2) is 10.2. The first-order valence-electron chi connectivity index (χ1n) is 6.29. The first-order chi connectivity index (χ1) is 10.4. The number of ether oxygens (including phenoxy) is 2. The molecule has 0 atom stereocenters. The molecule has 1 aromatic carbocycles. The maximum Gasteiger partial charge on any atom is 0.156 e. The van der Waals surface area contributed by atoms with Crippen LogP contribution in [-0.4, -0.2) is 25.5 Å². The maximum atomic E-state index is 6.13. The average molecular weight is 432 g/mol. The number of rotatable bonds is 8. The van der Waals surface area contributed by atoms with Crippen molar-refractivity contribution >= 4 is 56.4 Å². The molecule has 1 rings (SSSR count). The highest BCUT2D eigenvalue weighted by Crippen LogP contribution is 2.36. The molecule has 0 aliphatic heterocycles. The molecule has 0 radical (unpaired) electrons. The predicted octanol–water partition coefficient (Wildman–Crippen LogP) is 5.64. The van der Waals surface area contributed by atoms with Crippen LogP contribution >= 0.6 is 50.7 Å². The Bertz CT molecular complexity index is 533. The molecule has 0 N–H and O–H groups in total. The summed E-state index contributed by atoms with van der Waals surface area (Å²) >= 11 is 21.0. The van der Waals surface area contributed by atoms with Crippen molar-refractivity contribution in [3.63, 3.8) is 0 Å². The van der Waals surface area contributed by atoms with E-state index in [1.807, 2.05) is 13.8 Å². The lowest BCUT2D eigenvalue weighted by molar-refractivity contribution is 0.107. The van der Waals surface area contributed by atoms with Gasteiger partial charge >= 0.3 is 0 Å². The topological polar surface area (TPSA) is 40.0 Å². The molecule has 8 heteroatoms. The normalized spacial score (nSPS) is 11.1. The summed E-state index contributed by atoms with van der Waals surface area (Å²) in [4.78, 5) is 5.02. The molecule has 0 aliphatic carbocycles. The molecule has 22 heavy (non-hydrogen) atoms. The molecule has 1 aromatic rings. The fourth-order valence-corrected chi connectivity index (χ4v) is 2.09. The molecular weight excluding hydrogens is 416 g/mol. The highest BCUT2D eigenvalue weighted by atomic mass is 79.9. The number of benzene rings is 1. The Kier molecular flexibility index (Phi) is 9.02. The minimum Gasteiger partial charge on any atom is -0.489 e. The van der Waals surface area contributed by atoms with Crippen LogP contribution in [0.3, 0.4) is 0 Å². The van der Waals surface area contributed by atoms with Crippen molar-refractivity contribution in [2.45, 2.75) is 13.8 Å². The third-order valence-corrected chi connectivity index (χ3v) is 3.17. The van der Waals surface area contributed by atoms with Gasteiger partial charge in [-0.2, -0.15) is 0 Å². The Morgan fingerprint density at radius 2 is 1.82 bits per heavy atom. The van der Waals surface area contributed by atoms with Crippen molar-refractivity contribution < 1.29 is 14.3 Å². The van der Waals surface area contributed by atoms with E-state index in [-0.39, 0.29) is 6.61 Å². The molecule has 0 saturated heterocycles. The van der Waals surface area contributed by atoms with Gasteiger partial charge in [0.05, 0.1) is 19.7 Å². The van der Waals surface area contributed by atoms with Crippen LogP contribution in [0.1, 0.15) is 13.8 Å². The highest BCUT2D eigenvalue weighted by molar-refractivity contribution is 9.12. The van der Waals surface area contributed by atoms with E-state index >= 15 is 0 Å². The minimum absolute atomic E-state index is 0.276. The van der Waals surface area contributed by atoms with Gasteiger partial charge in [-0.05, 0) is 35.9 Å². The van der Waals surface area contributed by atoms with Crippen LogP contribution in [0.4, 0.5) is 0 Å². The van der Waals surface area contributed by atoms with Gasteiger partial charge in [-0.25, -0.2) is 0 Å². The summed E-state index contributed by atoms with van der Waals surface area (Å²) in [6.07, 6.45) is 1.65. The average Bonchev–Trinajstić information content (AvgIpc) is 2.40. The van der Waals surface area contributed by atoms with Gasteiger partial charge in [0, 0.05) is 12.1 Å². The van der Waals surface area contributed by atoms with E-state index in [4.69, 9.17) is 49.1 Å². The summed E-state index contributed by atoms with van der Waals surface area (Å²) in [5.74, 6) is 0.900. The molecule has 4 nitrogen and oxygen atoms in total. The van der Waals surface area contributed by atoms with Gasteiger partial charge in [-0.3, -0.25) is 0 Å². The second-order valence-corrected chi connectivity index (χ2v) is 6.77. The molecule has 0 aliphatic rings. The smallest absolute Gasteiger partial charge is 0.156 e. The molecule has 122 valence electrons. The van der Waals surface area contributed by atoms with E-state index in [1.165, 1.54) is 0 Å². The Hall–Kier alpha value is -0.620. The van der Waals surface area contributed by atoms with E-state index in [1.54, 1.807) is 18.2 Å². The zero-order valence-corrected chi connectivity index (χ0v) is 15.9. The number of oxime groups is 1. The molecule has 0 aromatic heterocycles. The van der Waals surface area contributed by atoms with E-state index in [0.29, 0.717) is 38.7 Å². The van der Waals surface area contributed by atoms with Crippen LogP contribution in [0.5, 0.6) is 11.5 Å². The largest absolute Gasteiger partial charge is 0.489 e. The first-order valence-corrected chi connectivity index (χ1v) is 8.21. The molecule has 0 bridgehead atoms. The summed E-state index contributed by atoms with van der Waals surface area (Å²) in [6.45, 7) is 4.54. The van der Waals surface area contributed by atoms with Crippen molar-refractivity contribution in [3.05, 3.63) is 32.2 Å². The Morgan fingerprint density at radius 3 is 2.36 bits per heavy atom. The summed E-state index contributed by atoms with van der Waals surface area (Å²) in [7, 11) is 0. The third kappa shape index (κ3) is 7.58. The van der Waals surface area contributed by atoms with Crippen LogP contribution in [0, 0.1) is 0 Å². The van der Waals surface area contributed by atoms with Crippen LogP contribution < -0.4 is 9.47 Å². The van der Waals surface area contributed by atoms with Gasteiger partial charge in [-0.15, -0.1) is 0 Å². The standard InChI is InChI=1S/C14H15BrCl3NO3/c1-9(2)19-22-6-5-21-14-11(16)7-10(8-12(14)17)20-4-3-13(15)18/h3,7-8H,4-6H2,1-2H3/b13-3-. The van der Waals surface area contributed by atoms with E-state index in [0.717, 1.165) is 5.71 Å². The quantitative estimate of drug-likeness (QED) is 0.304. The van der Waals surface area contributed by atoms with E-state index in [9.17, 15) is 0 Å². The summed E-state index contributed by atoms with van der Waals surface area (Å²) in [5.41, 5.74) is 0.829. The van der Waals surface area contributed by atoms with E-state index in [2.05, 4.69) is 21.1 Å². The second-order valence-electron chi connectivity index (χ2n) is 4.24. The fraction of sp³-hybridized carbons (Fsp3) is 0.357. The zero-order valence-electron chi connectivity index (χ0n) is 12.0. The molecule has 0 amide bonds. The molecule has 0 unspecified atom stereocenters. The first kappa shape index (κ1) is 19.4. The van der Waals surface area contributed by atoms with Crippen LogP contribution in [0.2, 0.25) is 10.0 Å². The molecular formula is C14H15BrCl3NO3. The van der Waals surface area contributed by atoms with Crippen molar-refractivity contribution in [1.82, 2.24) is 0 Å². The Balaban J connectivity index is 2.58. The van der Waals surface area contributed by atoms with E-state index < -0.39 is 0 Å². The Labute approximate surface area is 153 Å². The number of halogens is 4. The van der Waals surface area contributed by atoms with Crippen LogP contribution in [-0.2, 0) is 4.84 Å². The van der Waals surface area contributed by atoms with Crippen LogP contribution in [0.15, 0.2) is 27.3 Å². The Morgan fingerprint density at radius 1 is 1.18 bits per heavy atom. The SMILES string of the molecule is CC(C)=NOCCOc1c(Cl)cc(OC/C=C(\Cl)Br)cc1Cl. The van der Waals surface area contributed by atoms with Crippen molar-refractivity contribution in [2.24, 2.45) is 5.16 Å². The number of nitrogens with zero attached hydrogens (tertiary/aromatic N) is 1. The lowest BCUT2D eigenvalue weighted by Gasteiger charge is -2.11. The maximum absolute atomic E-state index is 6.13. The number of hydrogen-bond acceptors (Lipinski definition) is 4. The summed E-state index contributed by atoms with van der Waals surface area (Å²) in [5, 5.41) is 4.50. The van der Waals surface area contributed by atoms with Crippen molar-refractivity contribution in [1.29, 1.82) is 0 Å². The van der Waals surface area contributed by atoms with Crippen LogP contribution in [0.25, 0.3) is 0 Å². The van der Waals surface area contributed by atoms with Gasteiger partial charge in [0.25, 0.3) is 0 Å². The molecule has 0 saturated carbocycles. The zero-order chi connectivity index (χ0) is 16.5. The predicted molar refractivity (Wildman–Crippen MR) is 95.1 cm³/mol. The fourth-order valence-electron chi connectivity index (χ4n) is 1.31. The molecule has 0 heterocycles. The third-order valence-electron chi connectivity index (χ3n) is 2.13. The van der Waals surface area contributed by atoms with Gasteiger partial charge in [0.15, 0.2) is 12.4 Å². The molecule has 0 fully saturated rings. The monoisotopic (exact) mass is 429 g/mol. The number of hydrogen-bond donors (Lipinski definition) is 0. The summed E-state index contributed by atoms with van der Waals surface area (Å²) in [6, 6.07) is 3.24. The van der Waals surface area contributed by atoms with Gasteiger partial charge in [0.1, 0.15) is 19.0 Å². The van der Waals surface area contributed by atoms with Gasteiger partial charge < -0.3 is 14.3 Å². The van der Waals surface area contributed by atoms with Crippen molar-refractivity contribution in [2.75, 3.05) is 19.8 Å². The lowest BCUT2D eigenvalue weighted by atomic mass is 10.3. The summed E-state index contributed by atoms with van der Waals surface area (Å²) < 4.78 is 11.4. The highest BCUT2D eigenvalue weighted by Gasteiger charge is 2.10. The minimum atomic E-state index is 0.276. The van der Waals surface area contributed by atoms with Crippen molar-refractivity contribution in [3.8, 4) is 11.5 Å². The molecule has 0 spiro atoms. The van der Waals surface area contributed by atoms with Gasteiger partial charge in [-0.1, -0.05) is 40.0 Å². The van der Waals surface area contributed by atoms with Gasteiger partial charge in [0.2, 0.25) is 0 Å². The lowest BCUT2D eigenvalue weighted by Crippen LogP contribution is -2.05.